The number of nitrogens with one attached hydrogen (secondary N) is 1. The lowest BCUT2D eigenvalue weighted by Crippen LogP contribution is -2.48. The van der Waals surface area contributed by atoms with Crippen LogP contribution in [-0.4, -0.2) is 5.16 Å². The zero-order chi connectivity index (χ0) is 6.69. The van der Waals surface area contributed by atoms with E-state index in [9.17, 15) is 0 Å². The van der Waals surface area contributed by atoms with Crippen LogP contribution in [0.25, 0.3) is 0 Å². The summed E-state index contributed by atoms with van der Waals surface area (Å²) in [6.07, 6.45) is 1.40. The van der Waals surface area contributed by atoms with Crippen molar-refractivity contribution in [2.75, 3.05) is 5.12 Å². The maximum atomic E-state index is 5.21. The summed E-state index contributed by atoms with van der Waals surface area (Å²) in [4.78, 5) is 0. The molecule has 0 amide bonds. The van der Waals surface area contributed by atoms with Crippen molar-refractivity contribution in [3.05, 3.63) is 12.3 Å². The molecule has 0 unspecified atom stereocenters. The molecule has 0 aliphatic heterocycles. The summed E-state index contributed by atoms with van der Waals surface area (Å²) in [5.74, 6) is 10.6. The van der Waals surface area contributed by atoms with Crippen molar-refractivity contribution in [3.63, 3.8) is 0 Å². The van der Waals surface area contributed by atoms with E-state index in [1.165, 1.54) is 6.26 Å². The van der Waals surface area contributed by atoms with Crippen molar-refractivity contribution in [2.45, 2.75) is 0 Å². The van der Waals surface area contributed by atoms with Crippen LogP contribution in [0.3, 0.4) is 0 Å². The Bertz CT molecular complexity index is 161. The van der Waals surface area contributed by atoms with Crippen molar-refractivity contribution >= 4 is 5.82 Å². The van der Waals surface area contributed by atoms with E-state index in [-0.39, 0.29) is 0 Å². The van der Waals surface area contributed by atoms with Gasteiger partial charge in [-0.25, -0.2) is 11.0 Å². The third kappa shape index (κ3) is 1.17. The van der Waals surface area contributed by atoms with Gasteiger partial charge in [-0.3, -0.25) is 5.84 Å². The van der Waals surface area contributed by atoms with Gasteiger partial charge < -0.3 is 4.52 Å². The van der Waals surface area contributed by atoms with Crippen molar-refractivity contribution < 1.29 is 4.52 Å². The minimum Gasteiger partial charge on any atom is -0.363 e. The summed E-state index contributed by atoms with van der Waals surface area (Å²) in [6, 6.07) is 1.57. The number of hydrazine groups is 3. The highest BCUT2D eigenvalue weighted by Gasteiger charge is 1.99. The predicted octanol–water partition coefficient (Wildman–Crippen LogP) is -1.27. The van der Waals surface area contributed by atoms with Crippen LogP contribution in [0.2, 0.25) is 0 Å². The summed E-state index contributed by atoms with van der Waals surface area (Å²) < 4.78 is 4.47. The number of hydrogen-bond donors (Lipinski definition) is 3. The Morgan fingerprint density at radius 3 is 3.00 bits per heavy atom. The van der Waals surface area contributed by atoms with E-state index >= 15 is 0 Å². The van der Waals surface area contributed by atoms with Gasteiger partial charge in [0.15, 0.2) is 0 Å². The summed E-state index contributed by atoms with van der Waals surface area (Å²) in [7, 11) is 0. The Balaban J connectivity index is 2.65. The van der Waals surface area contributed by atoms with Crippen LogP contribution in [-0.2, 0) is 0 Å². The van der Waals surface area contributed by atoms with Gasteiger partial charge in [0, 0.05) is 6.07 Å². The minimum absolute atomic E-state index is 0.428. The van der Waals surface area contributed by atoms with E-state index < -0.39 is 0 Å². The maximum absolute atomic E-state index is 5.21. The van der Waals surface area contributed by atoms with Crippen LogP contribution in [0.4, 0.5) is 5.82 Å². The fourth-order valence-corrected chi connectivity index (χ4v) is 0.397. The molecule has 1 heterocycles. The number of nitrogens with zero attached hydrogens (tertiary/aromatic N) is 2. The molecular weight excluding hydrogens is 122 g/mol. The largest absolute Gasteiger partial charge is 0.363 e. The Labute approximate surface area is 51.3 Å². The van der Waals surface area contributed by atoms with Crippen molar-refractivity contribution in [1.82, 2.24) is 10.7 Å². The minimum atomic E-state index is 0.428. The van der Waals surface area contributed by atoms with Gasteiger partial charge in [0.2, 0.25) is 5.82 Å². The van der Waals surface area contributed by atoms with Crippen LogP contribution in [0.15, 0.2) is 16.9 Å². The fourth-order valence-electron chi connectivity index (χ4n) is 0.397. The molecule has 0 atom stereocenters. The van der Waals surface area contributed by atoms with Gasteiger partial charge >= 0.3 is 0 Å². The molecule has 0 aliphatic carbocycles. The topological polar surface area (TPSA) is 93.3 Å². The molecule has 0 aromatic carbocycles. The van der Waals surface area contributed by atoms with Crippen LogP contribution in [0.5, 0.6) is 0 Å². The standard InChI is InChI=1S/C3H7N5O/c4-7-8(5)3-1-2-9-6-3/h1-2,7H,4-5H2. The molecule has 0 fully saturated rings. The number of hydrogen-bond acceptors (Lipinski definition) is 6. The summed E-state index contributed by atoms with van der Waals surface area (Å²) in [5, 5.41) is 4.50. The fraction of sp³-hybridized carbons (Fsp3) is 0. The molecule has 5 N–H and O–H groups in total. The average molecular weight is 129 g/mol. The Morgan fingerprint density at radius 1 is 1.78 bits per heavy atom. The van der Waals surface area contributed by atoms with Gasteiger partial charge in [-0.05, 0) is 0 Å². The first kappa shape index (κ1) is 6.02. The third-order valence-electron chi connectivity index (χ3n) is 0.810. The number of aromatic nitrogens is 1. The molecule has 6 heteroatoms. The number of nitrogens with two attached hydrogens (primary N) is 2. The van der Waals surface area contributed by atoms with Gasteiger partial charge in [-0.15, -0.1) is 0 Å². The van der Waals surface area contributed by atoms with E-state index in [2.05, 4.69) is 15.2 Å². The Morgan fingerprint density at radius 2 is 2.56 bits per heavy atom. The second-order valence-electron chi connectivity index (χ2n) is 1.36. The first-order valence-corrected chi connectivity index (χ1v) is 2.26. The molecule has 0 radical (unpaired) electrons. The Hall–Kier alpha value is -1.11. The second kappa shape index (κ2) is 2.44. The average Bonchev–Trinajstić information content (AvgIpc) is 2.37. The molecule has 1 aromatic heterocycles. The summed E-state index contributed by atoms with van der Waals surface area (Å²) in [6.45, 7) is 0. The van der Waals surface area contributed by atoms with Crippen LogP contribution in [0, 0.1) is 0 Å². The van der Waals surface area contributed by atoms with Gasteiger partial charge in [-0.1, -0.05) is 5.16 Å². The lowest BCUT2D eigenvalue weighted by atomic mass is 10.7. The van der Waals surface area contributed by atoms with Crippen molar-refractivity contribution in [3.8, 4) is 0 Å². The van der Waals surface area contributed by atoms with Crippen LogP contribution in [0.1, 0.15) is 0 Å². The molecule has 9 heavy (non-hydrogen) atoms. The molecule has 0 saturated heterocycles. The molecule has 1 aromatic rings. The van der Waals surface area contributed by atoms with Gasteiger partial charge in [0.1, 0.15) is 6.26 Å². The SMILES string of the molecule is NNN(N)c1ccon1. The number of rotatable bonds is 2. The molecule has 1 rings (SSSR count). The van der Waals surface area contributed by atoms with Gasteiger partial charge in [-0.2, -0.15) is 5.53 Å². The molecule has 6 nitrogen and oxygen atoms in total. The molecule has 0 spiro atoms. The zero-order valence-electron chi connectivity index (χ0n) is 4.61. The van der Waals surface area contributed by atoms with E-state index in [1.807, 2.05) is 0 Å². The number of anilines is 1. The summed E-state index contributed by atoms with van der Waals surface area (Å²) >= 11 is 0. The van der Waals surface area contributed by atoms with Crippen LogP contribution < -0.4 is 22.3 Å². The van der Waals surface area contributed by atoms with Gasteiger partial charge in [0.05, 0.1) is 0 Å². The van der Waals surface area contributed by atoms with Gasteiger partial charge in [0.25, 0.3) is 0 Å². The lowest BCUT2D eigenvalue weighted by Gasteiger charge is -2.10. The highest BCUT2D eigenvalue weighted by atomic mass is 16.5. The quantitative estimate of drug-likeness (QED) is 0.340. The van der Waals surface area contributed by atoms with Crippen LogP contribution >= 0.6 is 0 Å². The first-order chi connectivity index (χ1) is 4.34. The third-order valence-corrected chi connectivity index (χ3v) is 0.810. The highest BCUT2D eigenvalue weighted by molar-refractivity contribution is 5.30. The first-order valence-electron chi connectivity index (χ1n) is 2.26. The Kier molecular flexibility index (Phi) is 1.63. The molecule has 0 saturated carbocycles. The van der Waals surface area contributed by atoms with Crippen molar-refractivity contribution in [1.29, 1.82) is 0 Å². The smallest absolute Gasteiger partial charge is 0.202 e. The van der Waals surface area contributed by atoms with E-state index in [4.69, 9.17) is 11.7 Å². The summed E-state index contributed by atoms with van der Waals surface area (Å²) in [5.41, 5.74) is 2.16. The van der Waals surface area contributed by atoms with E-state index in [1.54, 1.807) is 6.07 Å². The zero-order valence-corrected chi connectivity index (χ0v) is 4.61. The highest BCUT2D eigenvalue weighted by Crippen LogP contribution is 2.00. The molecule has 50 valence electrons. The predicted molar refractivity (Wildman–Crippen MR) is 30.5 cm³/mol. The lowest BCUT2D eigenvalue weighted by molar-refractivity contribution is 0.416. The molecule has 0 aliphatic rings. The molecular formula is C3H7N5O. The molecule has 0 bridgehead atoms. The normalized spacial score (nSPS) is 9.56. The second-order valence-corrected chi connectivity index (χ2v) is 1.36. The monoisotopic (exact) mass is 129 g/mol. The van der Waals surface area contributed by atoms with E-state index in [0.29, 0.717) is 5.82 Å². The van der Waals surface area contributed by atoms with E-state index in [0.717, 1.165) is 5.12 Å². The maximum Gasteiger partial charge on any atom is 0.202 e. The van der Waals surface area contributed by atoms with Crippen molar-refractivity contribution in [2.24, 2.45) is 11.7 Å².